The van der Waals surface area contributed by atoms with E-state index in [1.54, 1.807) is 0 Å². The minimum absolute atomic E-state index is 0.0531. The standard InChI is InChI=1S/C18H25NO2/c1-3-21-16(20)11-14-12-18(7-9-19-10-8-18)15-6-4-5-13(2)17(14)15/h4-6,14,19H,3,7-12H2,1-2H3. The summed E-state index contributed by atoms with van der Waals surface area (Å²) in [6.45, 7) is 6.69. The molecule has 1 spiro atoms. The van der Waals surface area contributed by atoms with Crippen molar-refractivity contribution in [2.24, 2.45) is 0 Å². The van der Waals surface area contributed by atoms with Crippen molar-refractivity contribution in [1.82, 2.24) is 5.32 Å². The molecule has 0 radical (unpaired) electrons. The summed E-state index contributed by atoms with van der Waals surface area (Å²) in [6, 6.07) is 6.64. The molecule has 1 aromatic rings. The molecule has 1 saturated heterocycles. The molecule has 1 aromatic carbocycles. The van der Waals surface area contributed by atoms with Crippen LogP contribution in [-0.2, 0) is 14.9 Å². The van der Waals surface area contributed by atoms with Crippen LogP contribution < -0.4 is 5.32 Å². The monoisotopic (exact) mass is 287 g/mol. The van der Waals surface area contributed by atoms with Crippen molar-refractivity contribution in [2.45, 2.75) is 50.9 Å². The van der Waals surface area contributed by atoms with Crippen LogP contribution in [-0.4, -0.2) is 25.7 Å². The fourth-order valence-corrected chi connectivity index (χ4v) is 4.34. The van der Waals surface area contributed by atoms with Crippen molar-refractivity contribution in [3.63, 3.8) is 0 Å². The second-order valence-corrected chi connectivity index (χ2v) is 6.48. The molecule has 1 unspecified atom stereocenters. The van der Waals surface area contributed by atoms with E-state index in [9.17, 15) is 4.79 Å². The number of ether oxygens (including phenoxy) is 1. The van der Waals surface area contributed by atoms with Gasteiger partial charge in [0.25, 0.3) is 0 Å². The molecule has 21 heavy (non-hydrogen) atoms. The average Bonchev–Trinajstić information content (AvgIpc) is 2.75. The molecule has 1 fully saturated rings. The van der Waals surface area contributed by atoms with Gasteiger partial charge in [-0.05, 0) is 74.2 Å². The lowest BCUT2D eigenvalue weighted by Crippen LogP contribution is -2.38. The quantitative estimate of drug-likeness (QED) is 0.868. The summed E-state index contributed by atoms with van der Waals surface area (Å²) in [5.41, 5.74) is 4.53. The number of carbonyl (C=O) groups excluding carboxylic acids is 1. The Bertz CT molecular complexity index is 532. The third-order valence-corrected chi connectivity index (χ3v) is 5.22. The molecule has 2 aliphatic rings. The van der Waals surface area contributed by atoms with Crippen LogP contribution in [0.4, 0.5) is 0 Å². The first-order chi connectivity index (χ1) is 10.2. The Labute approximate surface area is 127 Å². The number of hydrogen-bond acceptors (Lipinski definition) is 3. The summed E-state index contributed by atoms with van der Waals surface area (Å²) in [5, 5.41) is 3.47. The van der Waals surface area contributed by atoms with Gasteiger partial charge in [-0.2, -0.15) is 0 Å². The zero-order valence-corrected chi connectivity index (χ0v) is 13.1. The summed E-state index contributed by atoms with van der Waals surface area (Å²) in [6.07, 6.45) is 4.00. The Morgan fingerprint density at radius 3 is 2.86 bits per heavy atom. The summed E-state index contributed by atoms with van der Waals surface area (Å²) in [7, 11) is 0. The predicted molar refractivity (Wildman–Crippen MR) is 83.6 cm³/mol. The lowest BCUT2D eigenvalue weighted by molar-refractivity contribution is -0.143. The molecule has 3 nitrogen and oxygen atoms in total. The fourth-order valence-electron chi connectivity index (χ4n) is 4.34. The van der Waals surface area contributed by atoms with E-state index in [2.05, 4.69) is 30.4 Å². The zero-order chi connectivity index (χ0) is 14.9. The van der Waals surface area contributed by atoms with Crippen LogP contribution in [0.3, 0.4) is 0 Å². The molecule has 114 valence electrons. The molecule has 1 heterocycles. The number of fused-ring (bicyclic) bond motifs is 2. The molecule has 0 amide bonds. The molecule has 0 aromatic heterocycles. The van der Waals surface area contributed by atoms with Crippen LogP contribution in [0.1, 0.15) is 55.2 Å². The number of benzene rings is 1. The van der Waals surface area contributed by atoms with Crippen molar-refractivity contribution >= 4 is 5.97 Å². The SMILES string of the molecule is CCOC(=O)CC1CC2(CCNCC2)c2cccc(C)c21. The molecule has 1 N–H and O–H groups in total. The van der Waals surface area contributed by atoms with Gasteiger partial charge in [-0.3, -0.25) is 4.79 Å². The highest BCUT2D eigenvalue weighted by molar-refractivity contribution is 5.71. The first-order valence-corrected chi connectivity index (χ1v) is 8.12. The molecular formula is C18H25NO2. The Hall–Kier alpha value is -1.35. The predicted octanol–water partition coefficient (Wildman–Crippen LogP) is 3.06. The molecular weight excluding hydrogens is 262 g/mol. The van der Waals surface area contributed by atoms with E-state index in [0.29, 0.717) is 18.9 Å². The maximum absolute atomic E-state index is 12.0. The summed E-state index contributed by atoms with van der Waals surface area (Å²) >= 11 is 0. The van der Waals surface area contributed by atoms with E-state index in [1.807, 2.05) is 6.92 Å². The van der Waals surface area contributed by atoms with Gasteiger partial charge in [0.15, 0.2) is 0 Å². The van der Waals surface area contributed by atoms with Gasteiger partial charge in [-0.1, -0.05) is 18.2 Å². The normalized spacial score (nSPS) is 23.0. The first kappa shape index (κ1) is 14.6. The van der Waals surface area contributed by atoms with Crippen LogP contribution in [0.2, 0.25) is 0 Å². The molecule has 1 aliphatic heterocycles. The second kappa shape index (κ2) is 5.80. The summed E-state index contributed by atoms with van der Waals surface area (Å²) < 4.78 is 5.18. The van der Waals surface area contributed by atoms with Crippen molar-refractivity contribution in [3.8, 4) is 0 Å². The molecule has 1 aliphatic carbocycles. The third kappa shape index (κ3) is 2.59. The number of rotatable bonds is 3. The Morgan fingerprint density at radius 1 is 1.38 bits per heavy atom. The Balaban J connectivity index is 1.93. The van der Waals surface area contributed by atoms with Crippen LogP contribution in [0.25, 0.3) is 0 Å². The van der Waals surface area contributed by atoms with Gasteiger partial charge in [-0.25, -0.2) is 0 Å². The van der Waals surface area contributed by atoms with Crippen LogP contribution in [0.15, 0.2) is 18.2 Å². The number of nitrogens with one attached hydrogen (secondary N) is 1. The lowest BCUT2D eigenvalue weighted by Gasteiger charge is -2.35. The Kier molecular flexibility index (Phi) is 4.03. The molecule has 0 bridgehead atoms. The minimum atomic E-state index is -0.0531. The van der Waals surface area contributed by atoms with Crippen LogP contribution in [0, 0.1) is 6.92 Å². The second-order valence-electron chi connectivity index (χ2n) is 6.48. The van der Waals surface area contributed by atoms with Crippen molar-refractivity contribution in [3.05, 3.63) is 34.9 Å². The smallest absolute Gasteiger partial charge is 0.306 e. The zero-order valence-electron chi connectivity index (χ0n) is 13.1. The highest BCUT2D eigenvalue weighted by Gasteiger charge is 2.45. The summed E-state index contributed by atoms with van der Waals surface area (Å²) in [5.74, 6) is 0.279. The molecule has 1 atom stereocenters. The van der Waals surface area contributed by atoms with Gasteiger partial charge in [-0.15, -0.1) is 0 Å². The van der Waals surface area contributed by atoms with Crippen LogP contribution in [0.5, 0.6) is 0 Å². The fraction of sp³-hybridized carbons (Fsp3) is 0.611. The van der Waals surface area contributed by atoms with Gasteiger partial charge in [0.2, 0.25) is 0 Å². The number of carbonyl (C=O) groups is 1. The van der Waals surface area contributed by atoms with E-state index in [1.165, 1.54) is 29.5 Å². The van der Waals surface area contributed by atoms with E-state index in [-0.39, 0.29) is 11.4 Å². The highest BCUT2D eigenvalue weighted by atomic mass is 16.5. The molecule has 0 saturated carbocycles. The maximum Gasteiger partial charge on any atom is 0.306 e. The largest absolute Gasteiger partial charge is 0.466 e. The van der Waals surface area contributed by atoms with Gasteiger partial charge in [0.1, 0.15) is 0 Å². The van der Waals surface area contributed by atoms with Gasteiger partial charge in [0, 0.05) is 0 Å². The topological polar surface area (TPSA) is 38.3 Å². The van der Waals surface area contributed by atoms with E-state index in [0.717, 1.165) is 19.5 Å². The van der Waals surface area contributed by atoms with Crippen molar-refractivity contribution in [2.75, 3.05) is 19.7 Å². The lowest BCUT2D eigenvalue weighted by atomic mass is 9.73. The van der Waals surface area contributed by atoms with Crippen molar-refractivity contribution in [1.29, 1.82) is 0 Å². The first-order valence-electron chi connectivity index (χ1n) is 8.12. The number of aryl methyl sites for hydroxylation is 1. The van der Waals surface area contributed by atoms with Gasteiger partial charge in [0.05, 0.1) is 13.0 Å². The third-order valence-electron chi connectivity index (χ3n) is 5.22. The summed E-state index contributed by atoms with van der Waals surface area (Å²) in [4.78, 5) is 12.0. The van der Waals surface area contributed by atoms with Gasteiger partial charge < -0.3 is 10.1 Å². The molecule has 3 heteroatoms. The maximum atomic E-state index is 12.0. The highest BCUT2D eigenvalue weighted by Crippen LogP contribution is 2.52. The minimum Gasteiger partial charge on any atom is -0.466 e. The Morgan fingerprint density at radius 2 is 2.14 bits per heavy atom. The van der Waals surface area contributed by atoms with Crippen LogP contribution >= 0.6 is 0 Å². The average molecular weight is 287 g/mol. The number of esters is 1. The van der Waals surface area contributed by atoms with E-state index in [4.69, 9.17) is 4.74 Å². The van der Waals surface area contributed by atoms with E-state index < -0.39 is 0 Å². The molecule has 3 rings (SSSR count). The number of hydrogen-bond donors (Lipinski definition) is 1. The number of piperidine rings is 1. The van der Waals surface area contributed by atoms with Gasteiger partial charge >= 0.3 is 5.97 Å². The van der Waals surface area contributed by atoms with E-state index >= 15 is 0 Å². The van der Waals surface area contributed by atoms with Crippen molar-refractivity contribution < 1.29 is 9.53 Å².